The van der Waals surface area contributed by atoms with Crippen molar-refractivity contribution in [2.45, 2.75) is 31.8 Å². The van der Waals surface area contributed by atoms with Crippen molar-refractivity contribution in [1.82, 2.24) is 5.32 Å². The normalized spacial score (nSPS) is 17.4. The third-order valence-electron chi connectivity index (χ3n) is 6.32. The summed E-state index contributed by atoms with van der Waals surface area (Å²) in [6.45, 7) is 0.471. The van der Waals surface area contributed by atoms with Gasteiger partial charge in [0.15, 0.2) is 5.78 Å². The first-order chi connectivity index (χ1) is 16.6. The Morgan fingerprint density at radius 2 is 1.94 bits per heavy atom. The third kappa shape index (κ3) is 4.29. The van der Waals surface area contributed by atoms with Gasteiger partial charge in [0, 0.05) is 24.2 Å². The number of carbonyl (C=O) groups excluding carboxylic acids is 2. The Morgan fingerprint density at radius 3 is 2.71 bits per heavy atom. The first kappa shape index (κ1) is 21.8. The number of allylic oxidation sites excluding steroid dienone is 1. The van der Waals surface area contributed by atoms with Crippen LogP contribution in [0.4, 0.5) is 11.4 Å². The van der Waals surface area contributed by atoms with Gasteiger partial charge in [-0.15, -0.1) is 0 Å². The molecule has 2 N–H and O–H groups in total. The average Bonchev–Trinajstić information content (AvgIpc) is 3.35. The molecule has 5 rings (SSSR count). The summed E-state index contributed by atoms with van der Waals surface area (Å²) in [5, 5.41) is 6.50. The molecule has 2 heterocycles. The van der Waals surface area contributed by atoms with Crippen LogP contribution >= 0.6 is 0 Å². The molecule has 3 aromatic rings. The summed E-state index contributed by atoms with van der Waals surface area (Å²) >= 11 is 0. The van der Waals surface area contributed by atoms with Crippen LogP contribution < -0.4 is 20.3 Å². The van der Waals surface area contributed by atoms with Crippen molar-refractivity contribution in [1.29, 1.82) is 0 Å². The third-order valence-corrected chi connectivity index (χ3v) is 6.32. The van der Waals surface area contributed by atoms with E-state index < -0.39 is 6.04 Å². The van der Waals surface area contributed by atoms with Crippen molar-refractivity contribution in [2.75, 3.05) is 23.9 Å². The molecule has 2 aromatic carbocycles. The molecule has 1 unspecified atom stereocenters. The number of nitrogens with one attached hydrogen (secondary N) is 2. The minimum Gasteiger partial charge on any atom is -0.497 e. The number of para-hydroxylation sites is 2. The molecule has 0 radical (unpaired) electrons. The molecule has 0 saturated heterocycles. The van der Waals surface area contributed by atoms with Crippen molar-refractivity contribution in [3.63, 3.8) is 0 Å². The number of ketones is 1. The van der Waals surface area contributed by atoms with Gasteiger partial charge in [0.25, 0.3) is 0 Å². The zero-order valence-electron chi connectivity index (χ0n) is 19.0. The summed E-state index contributed by atoms with van der Waals surface area (Å²) in [5.41, 5.74) is 4.29. The maximum absolute atomic E-state index is 13.2. The number of hydrogen-bond acceptors (Lipinski definition) is 6. The fraction of sp³-hybridized carbons (Fsp3) is 0.259. The molecule has 34 heavy (non-hydrogen) atoms. The molecule has 7 heteroatoms. The quantitative estimate of drug-likeness (QED) is 0.564. The van der Waals surface area contributed by atoms with Crippen molar-refractivity contribution in [3.05, 3.63) is 89.5 Å². The van der Waals surface area contributed by atoms with Gasteiger partial charge < -0.3 is 24.7 Å². The molecule has 7 nitrogen and oxygen atoms in total. The zero-order valence-corrected chi connectivity index (χ0v) is 19.0. The Balaban J connectivity index is 1.47. The molecule has 1 aromatic heterocycles. The van der Waals surface area contributed by atoms with Gasteiger partial charge in [0.2, 0.25) is 5.91 Å². The van der Waals surface area contributed by atoms with E-state index in [0.29, 0.717) is 24.3 Å². The van der Waals surface area contributed by atoms with Gasteiger partial charge in [-0.2, -0.15) is 0 Å². The van der Waals surface area contributed by atoms with Gasteiger partial charge in [0.05, 0.1) is 31.3 Å². The van der Waals surface area contributed by atoms with Gasteiger partial charge in [-0.1, -0.05) is 24.3 Å². The minimum atomic E-state index is -0.485. The summed E-state index contributed by atoms with van der Waals surface area (Å²) in [7, 11) is 1.62. The molecule has 1 aliphatic heterocycles. The van der Waals surface area contributed by atoms with Crippen LogP contribution in [0.25, 0.3) is 0 Å². The van der Waals surface area contributed by atoms with Crippen molar-refractivity contribution < 1.29 is 18.7 Å². The molecule has 0 fully saturated rings. The van der Waals surface area contributed by atoms with Crippen LogP contribution in [0.15, 0.2) is 82.6 Å². The van der Waals surface area contributed by atoms with E-state index in [4.69, 9.17) is 9.15 Å². The van der Waals surface area contributed by atoms with Gasteiger partial charge in [-0.25, -0.2) is 0 Å². The topological polar surface area (TPSA) is 83.8 Å². The standard InChI is InChI=1S/C27H27N3O4/c1-33-19-13-11-18(12-14-19)16-28-25(32)17-30-22-8-3-2-6-20(22)29-21-7-4-9-23(31)26(21)27(30)24-10-5-15-34-24/h2-3,5-6,8,10-15,27,29H,4,7,9,16-17H2,1H3,(H,28,32). The van der Waals surface area contributed by atoms with Crippen molar-refractivity contribution in [2.24, 2.45) is 0 Å². The van der Waals surface area contributed by atoms with Crippen LogP contribution in [0.5, 0.6) is 5.75 Å². The summed E-state index contributed by atoms with van der Waals surface area (Å²) in [5.74, 6) is 1.36. The number of amides is 1. The van der Waals surface area contributed by atoms with Crippen LogP contribution in [0.3, 0.4) is 0 Å². The van der Waals surface area contributed by atoms with E-state index in [1.807, 2.05) is 65.6 Å². The largest absolute Gasteiger partial charge is 0.497 e. The van der Waals surface area contributed by atoms with Crippen LogP contribution in [0, 0.1) is 0 Å². The van der Waals surface area contributed by atoms with E-state index in [1.54, 1.807) is 13.4 Å². The molecule has 1 amide bonds. The molecule has 174 valence electrons. The second kappa shape index (κ2) is 9.47. The van der Waals surface area contributed by atoms with Gasteiger partial charge in [0.1, 0.15) is 17.6 Å². The monoisotopic (exact) mass is 457 g/mol. The number of methoxy groups -OCH3 is 1. The van der Waals surface area contributed by atoms with E-state index in [1.165, 1.54) is 0 Å². The van der Waals surface area contributed by atoms with Gasteiger partial charge >= 0.3 is 0 Å². The number of furan rings is 1. The zero-order chi connectivity index (χ0) is 23.5. The molecule has 0 saturated carbocycles. The Kier molecular flexibility index (Phi) is 6.08. The Morgan fingerprint density at radius 1 is 1.12 bits per heavy atom. The minimum absolute atomic E-state index is 0.0737. The Labute approximate surface area is 198 Å². The number of rotatable bonds is 6. The van der Waals surface area contributed by atoms with Gasteiger partial charge in [-0.05, 0) is 54.8 Å². The summed E-state index contributed by atoms with van der Waals surface area (Å²) in [6, 6.07) is 18.6. The lowest BCUT2D eigenvalue weighted by Crippen LogP contribution is -2.41. The second-order valence-corrected chi connectivity index (χ2v) is 8.48. The summed E-state index contributed by atoms with van der Waals surface area (Å²) < 4.78 is 11.0. The molecule has 0 bridgehead atoms. The van der Waals surface area contributed by atoms with E-state index in [-0.39, 0.29) is 18.2 Å². The highest BCUT2D eigenvalue weighted by Gasteiger charge is 2.38. The number of ether oxygens (including phenoxy) is 1. The first-order valence-corrected chi connectivity index (χ1v) is 11.5. The highest BCUT2D eigenvalue weighted by atomic mass is 16.5. The lowest BCUT2D eigenvalue weighted by atomic mass is 9.88. The van der Waals surface area contributed by atoms with Crippen LogP contribution in [0.1, 0.15) is 36.6 Å². The summed E-state index contributed by atoms with van der Waals surface area (Å²) in [6.07, 6.45) is 3.69. The maximum Gasteiger partial charge on any atom is 0.239 e. The number of benzene rings is 2. The van der Waals surface area contributed by atoms with Crippen molar-refractivity contribution >= 4 is 23.1 Å². The second-order valence-electron chi connectivity index (χ2n) is 8.48. The fourth-order valence-corrected chi connectivity index (χ4v) is 4.67. The lowest BCUT2D eigenvalue weighted by Gasteiger charge is -2.33. The Bertz CT molecular complexity index is 1210. The van der Waals surface area contributed by atoms with E-state index in [2.05, 4.69) is 10.6 Å². The number of nitrogens with zero attached hydrogens (tertiary/aromatic N) is 1. The molecular formula is C27H27N3O4. The predicted octanol–water partition coefficient (Wildman–Crippen LogP) is 4.58. The highest BCUT2D eigenvalue weighted by Crippen LogP contribution is 2.44. The van der Waals surface area contributed by atoms with Crippen LogP contribution in [0.2, 0.25) is 0 Å². The fourth-order valence-electron chi connectivity index (χ4n) is 4.67. The molecule has 1 atom stereocenters. The highest BCUT2D eigenvalue weighted by molar-refractivity contribution is 6.01. The summed E-state index contributed by atoms with van der Waals surface area (Å²) in [4.78, 5) is 28.3. The molecule has 2 aliphatic rings. The van der Waals surface area contributed by atoms with Crippen molar-refractivity contribution in [3.8, 4) is 5.75 Å². The smallest absolute Gasteiger partial charge is 0.239 e. The van der Waals surface area contributed by atoms with E-state index >= 15 is 0 Å². The number of fused-ring (bicyclic) bond motifs is 1. The van der Waals surface area contributed by atoms with Gasteiger partial charge in [-0.3, -0.25) is 9.59 Å². The molecule has 0 spiro atoms. The number of carbonyl (C=O) groups is 2. The Hall–Kier alpha value is -4.00. The number of anilines is 2. The molecule has 1 aliphatic carbocycles. The lowest BCUT2D eigenvalue weighted by molar-refractivity contribution is -0.120. The first-order valence-electron chi connectivity index (χ1n) is 11.5. The molecular weight excluding hydrogens is 430 g/mol. The van der Waals surface area contributed by atoms with Crippen LogP contribution in [-0.4, -0.2) is 25.3 Å². The predicted molar refractivity (Wildman–Crippen MR) is 130 cm³/mol. The maximum atomic E-state index is 13.2. The SMILES string of the molecule is COc1ccc(CNC(=O)CN2c3ccccc3NC3=C(C(=O)CCC3)C2c2ccco2)cc1. The van der Waals surface area contributed by atoms with E-state index in [9.17, 15) is 9.59 Å². The average molecular weight is 458 g/mol. The van der Waals surface area contributed by atoms with E-state index in [0.717, 1.165) is 41.2 Å². The van der Waals surface area contributed by atoms with Crippen LogP contribution in [-0.2, 0) is 16.1 Å². The number of Topliss-reactive ketones (excluding diaryl/α,β-unsaturated/α-hetero) is 1. The number of hydrogen-bond donors (Lipinski definition) is 2.